The summed E-state index contributed by atoms with van der Waals surface area (Å²) in [5.74, 6) is 0. The van der Waals surface area contributed by atoms with Crippen molar-refractivity contribution in [2.24, 2.45) is 0 Å². The number of nitrogens with one attached hydrogen (secondary N) is 1. The van der Waals surface area contributed by atoms with Gasteiger partial charge in [-0.2, -0.15) is 0 Å². The smallest absolute Gasteiger partial charge is 0.0890 e. The van der Waals surface area contributed by atoms with Gasteiger partial charge in [0.2, 0.25) is 0 Å². The van der Waals surface area contributed by atoms with Gasteiger partial charge in [-0.15, -0.1) is 11.3 Å². The summed E-state index contributed by atoms with van der Waals surface area (Å²) in [5.41, 5.74) is 5.86. The largest absolute Gasteiger partial charge is 0.311 e. The zero-order chi connectivity index (χ0) is 12.9. The van der Waals surface area contributed by atoms with Crippen LogP contribution in [-0.2, 0) is 13.0 Å². The van der Waals surface area contributed by atoms with E-state index in [2.05, 4.69) is 25.6 Å². The molecule has 2 heterocycles. The van der Waals surface area contributed by atoms with Crippen molar-refractivity contribution >= 4 is 22.4 Å². The zero-order valence-corrected chi connectivity index (χ0v) is 11.2. The van der Waals surface area contributed by atoms with E-state index in [1.807, 2.05) is 36.0 Å². The highest BCUT2D eigenvalue weighted by Crippen LogP contribution is 2.08. The van der Waals surface area contributed by atoms with Crippen LogP contribution in [0.1, 0.15) is 11.4 Å². The molecule has 0 fully saturated rings. The lowest BCUT2D eigenvalue weighted by atomic mass is 10.3. The lowest BCUT2D eigenvalue weighted by Crippen LogP contribution is -2.17. The quantitative estimate of drug-likeness (QED) is 0.723. The van der Waals surface area contributed by atoms with E-state index in [0.717, 1.165) is 41.9 Å². The maximum absolute atomic E-state index is 4.57. The van der Waals surface area contributed by atoms with Gasteiger partial charge in [-0.25, -0.2) is 9.97 Å². The average Bonchev–Trinajstić information content (AvgIpc) is 2.97. The Bertz CT molecular complexity index is 651. The second kappa shape index (κ2) is 5.86. The van der Waals surface area contributed by atoms with Gasteiger partial charge in [-0.3, -0.25) is 4.98 Å². The third-order valence-corrected chi connectivity index (χ3v) is 3.48. The highest BCUT2D eigenvalue weighted by molar-refractivity contribution is 7.07. The van der Waals surface area contributed by atoms with Crippen LogP contribution in [0.4, 0.5) is 0 Å². The predicted octanol–water partition coefficient (Wildman–Crippen LogP) is 2.42. The molecule has 96 valence electrons. The molecular weight excluding hydrogens is 256 g/mol. The molecule has 0 radical (unpaired) electrons. The van der Waals surface area contributed by atoms with Crippen LogP contribution < -0.4 is 5.32 Å². The van der Waals surface area contributed by atoms with Crippen molar-refractivity contribution < 1.29 is 0 Å². The monoisotopic (exact) mass is 270 g/mol. The van der Waals surface area contributed by atoms with E-state index < -0.39 is 0 Å². The van der Waals surface area contributed by atoms with Crippen molar-refractivity contribution in [3.05, 3.63) is 52.7 Å². The summed E-state index contributed by atoms with van der Waals surface area (Å²) < 4.78 is 0. The summed E-state index contributed by atoms with van der Waals surface area (Å²) in [5, 5.41) is 5.45. The van der Waals surface area contributed by atoms with E-state index in [9.17, 15) is 0 Å². The molecule has 0 amide bonds. The highest BCUT2D eigenvalue weighted by atomic mass is 32.1. The molecule has 0 unspecified atom stereocenters. The first-order valence-electron chi connectivity index (χ1n) is 6.20. The molecule has 19 heavy (non-hydrogen) atoms. The maximum Gasteiger partial charge on any atom is 0.0890 e. The molecule has 2 aromatic heterocycles. The van der Waals surface area contributed by atoms with Gasteiger partial charge in [-0.05, 0) is 12.1 Å². The SMILES string of the molecule is c1ccc2nc(CNCCc3cscn3)cnc2c1. The number of fused-ring (bicyclic) bond motifs is 1. The van der Waals surface area contributed by atoms with Gasteiger partial charge in [0.25, 0.3) is 0 Å². The first-order valence-corrected chi connectivity index (χ1v) is 7.14. The van der Waals surface area contributed by atoms with E-state index >= 15 is 0 Å². The second-order valence-electron chi connectivity index (χ2n) is 4.26. The van der Waals surface area contributed by atoms with E-state index in [0.29, 0.717) is 0 Å². The molecule has 0 spiro atoms. The first-order chi connectivity index (χ1) is 9.42. The van der Waals surface area contributed by atoms with Crippen molar-refractivity contribution in [2.45, 2.75) is 13.0 Å². The van der Waals surface area contributed by atoms with Gasteiger partial charge < -0.3 is 5.32 Å². The summed E-state index contributed by atoms with van der Waals surface area (Å²) in [6.07, 6.45) is 2.78. The molecule has 0 aliphatic rings. The average molecular weight is 270 g/mol. The molecular formula is C14H14N4S. The fourth-order valence-corrected chi connectivity index (χ4v) is 2.47. The lowest BCUT2D eigenvalue weighted by Gasteiger charge is -2.04. The number of hydrogen-bond donors (Lipinski definition) is 1. The third kappa shape index (κ3) is 3.13. The van der Waals surface area contributed by atoms with Crippen molar-refractivity contribution in [1.82, 2.24) is 20.3 Å². The van der Waals surface area contributed by atoms with E-state index in [1.54, 1.807) is 11.3 Å². The Morgan fingerprint density at radius 3 is 2.79 bits per heavy atom. The minimum Gasteiger partial charge on any atom is -0.311 e. The van der Waals surface area contributed by atoms with E-state index in [-0.39, 0.29) is 0 Å². The van der Waals surface area contributed by atoms with E-state index in [4.69, 9.17) is 0 Å². The van der Waals surface area contributed by atoms with E-state index in [1.165, 1.54) is 0 Å². The molecule has 0 saturated heterocycles. The number of para-hydroxylation sites is 2. The summed E-state index contributed by atoms with van der Waals surface area (Å²) in [7, 11) is 0. The van der Waals surface area contributed by atoms with Crippen LogP contribution in [0.3, 0.4) is 0 Å². The predicted molar refractivity (Wildman–Crippen MR) is 77.1 cm³/mol. The highest BCUT2D eigenvalue weighted by Gasteiger charge is 1.99. The van der Waals surface area contributed by atoms with Crippen LogP contribution in [0.15, 0.2) is 41.4 Å². The normalized spacial score (nSPS) is 10.9. The molecule has 1 aromatic carbocycles. The number of nitrogens with zero attached hydrogens (tertiary/aromatic N) is 3. The Morgan fingerprint density at radius 2 is 1.95 bits per heavy atom. The van der Waals surface area contributed by atoms with Crippen LogP contribution in [-0.4, -0.2) is 21.5 Å². The number of rotatable bonds is 5. The molecule has 0 aliphatic carbocycles. The number of aromatic nitrogens is 3. The van der Waals surface area contributed by atoms with Gasteiger partial charge in [0, 0.05) is 24.9 Å². The Hall–Kier alpha value is -1.85. The fraction of sp³-hybridized carbons (Fsp3) is 0.214. The van der Waals surface area contributed by atoms with Gasteiger partial charge in [0.1, 0.15) is 0 Å². The fourth-order valence-electron chi connectivity index (χ4n) is 1.87. The van der Waals surface area contributed by atoms with Gasteiger partial charge in [0.15, 0.2) is 0 Å². The minimum absolute atomic E-state index is 0.738. The summed E-state index contributed by atoms with van der Waals surface area (Å²) in [4.78, 5) is 13.2. The van der Waals surface area contributed by atoms with Crippen LogP contribution in [0.2, 0.25) is 0 Å². The summed E-state index contributed by atoms with van der Waals surface area (Å²) >= 11 is 1.63. The maximum atomic E-state index is 4.57. The molecule has 3 aromatic rings. The van der Waals surface area contributed by atoms with Crippen molar-refractivity contribution in [2.75, 3.05) is 6.54 Å². The van der Waals surface area contributed by atoms with Crippen LogP contribution >= 0.6 is 11.3 Å². The number of thiazole rings is 1. The zero-order valence-electron chi connectivity index (χ0n) is 10.4. The van der Waals surface area contributed by atoms with Crippen LogP contribution in [0.25, 0.3) is 11.0 Å². The molecule has 5 heteroatoms. The van der Waals surface area contributed by atoms with Crippen LogP contribution in [0.5, 0.6) is 0 Å². The molecule has 3 rings (SSSR count). The minimum atomic E-state index is 0.738. The molecule has 0 bridgehead atoms. The summed E-state index contributed by atoms with van der Waals surface area (Å²) in [6, 6.07) is 7.92. The van der Waals surface area contributed by atoms with Crippen molar-refractivity contribution in [3.8, 4) is 0 Å². The number of benzene rings is 1. The second-order valence-corrected chi connectivity index (χ2v) is 4.98. The van der Waals surface area contributed by atoms with Gasteiger partial charge in [0.05, 0.1) is 34.1 Å². The third-order valence-electron chi connectivity index (χ3n) is 2.85. The Balaban J connectivity index is 1.56. The lowest BCUT2D eigenvalue weighted by molar-refractivity contribution is 0.670. The molecule has 1 N–H and O–H groups in total. The molecule has 0 saturated carbocycles. The van der Waals surface area contributed by atoms with Crippen molar-refractivity contribution in [1.29, 1.82) is 0 Å². The number of hydrogen-bond acceptors (Lipinski definition) is 5. The Kier molecular flexibility index (Phi) is 3.76. The van der Waals surface area contributed by atoms with Gasteiger partial charge >= 0.3 is 0 Å². The standard InChI is InChI=1S/C14H14N4S/c1-2-4-14-13(3-1)16-8-12(18-14)7-15-6-5-11-9-19-10-17-11/h1-4,8-10,15H,5-7H2. The van der Waals surface area contributed by atoms with Crippen LogP contribution in [0, 0.1) is 0 Å². The van der Waals surface area contributed by atoms with Gasteiger partial charge in [-0.1, -0.05) is 12.1 Å². The molecule has 0 atom stereocenters. The van der Waals surface area contributed by atoms with Crippen molar-refractivity contribution in [3.63, 3.8) is 0 Å². The molecule has 0 aliphatic heterocycles. The summed E-state index contributed by atoms with van der Waals surface area (Å²) in [6.45, 7) is 1.64. The Labute approximate surface area is 115 Å². The molecule has 4 nitrogen and oxygen atoms in total. The topological polar surface area (TPSA) is 50.7 Å². The first kappa shape index (κ1) is 12.2. The Morgan fingerprint density at radius 1 is 1.05 bits per heavy atom.